The zero-order valence-corrected chi connectivity index (χ0v) is 6.10. The lowest BCUT2D eigenvalue weighted by molar-refractivity contribution is -0.137. The number of hydrogen-bond acceptors (Lipinski definition) is 1. The van der Waals surface area contributed by atoms with Crippen LogP contribution in [0.4, 0.5) is 13.2 Å². The number of alkyl halides is 3. The lowest BCUT2D eigenvalue weighted by atomic mass is 10.1. The van der Waals surface area contributed by atoms with Crippen molar-refractivity contribution in [1.82, 2.24) is 0 Å². The highest BCUT2D eigenvalue weighted by molar-refractivity contribution is 5.24. The van der Waals surface area contributed by atoms with Crippen LogP contribution >= 0.6 is 0 Å². The van der Waals surface area contributed by atoms with Crippen LogP contribution in [0.5, 0.6) is 0 Å². The Morgan fingerprint density at radius 1 is 1.33 bits per heavy atom. The molecule has 0 radical (unpaired) electrons. The van der Waals surface area contributed by atoms with Crippen LogP contribution in [0, 0.1) is 0 Å². The molecule has 0 aliphatic rings. The van der Waals surface area contributed by atoms with Gasteiger partial charge in [0, 0.05) is 1.43 Å². The number of hydrogen-bond donors (Lipinski definition) is 1. The Hall–Kier alpha value is -1.03. The Balaban J connectivity index is 0.00000144. The Bertz CT molecular complexity index is 272. The number of aliphatic hydroxyl groups is 1. The molecule has 0 atom stereocenters. The Labute approximate surface area is 68.9 Å². The molecule has 0 heterocycles. The van der Waals surface area contributed by atoms with Gasteiger partial charge in [0.25, 0.3) is 0 Å². The molecule has 4 heteroatoms. The third kappa shape index (κ3) is 1.98. The molecule has 0 aromatic heterocycles. The first kappa shape index (κ1) is 9.06. The summed E-state index contributed by atoms with van der Waals surface area (Å²) >= 11 is 0. The van der Waals surface area contributed by atoms with Gasteiger partial charge in [0.05, 0.1) is 12.2 Å². The monoisotopic (exact) mass is 178 g/mol. The second-order valence-corrected chi connectivity index (χ2v) is 2.36. The molecule has 12 heavy (non-hydrogen) atoms. The van der Waals surface area contributed by atoms with E-state index in [-0.39, 0.29) is 13.6 Å². The van der Waals surface area contributed by atoms with Gasteiger partial charge in [-0.05, 0) is 17.7 Å². The summed E-state index contributed by atoms with van der Waals surface area (Å²) in [6.45, 7) is -0.371. The highest BCUT2D eigenvalue weighted by atomic mass is 19.4. The Morgan fingerprint density at radius 3 is 2.50 bits per heavy atom. The molecule has 0 saturated heterocycles. The molecule has 0 aliphatic carbocycles. The fourth-order valence-corrected chi connectivity index (χ4v) is 0.846. The first-order valence-corrected chi connectivity index (χ1v) is 3.31. The molecule has 0 amide bonds. The van der Waals surface area contributed by atoms with Crippen LogP contribution in [0.25, 0.3) is 0 Å². The molecular weight excluding hydrogens is 169 g/mol. The van der Waals surface area contributed by atoms with Crippen LogP contribution in [0.1, 0.15) is 12.6 Å². The van der Waals surface area contributed by atoms with E-state index in [1.54, 1.807) is 0 Å². The summed E-state index contributed by atoms with van der Waals surface area (Å²) < 4.78 is 36.1. The average Bonchev–Trinajstić information content (AvgIpc) is 2.03. The van der Waals surface area contributed by atoms with Gasteiger partial charge >= 0.3 is 6.18 Å². The standard InChI is InChI=1S/C8H7F3O.H2/c9-8(10,11)7-3-1-2-6(4-7)5-12;/h1-4,12H,5H2;1H. The summed E-state index contributed by atoms with van der Waals surface area (Å²) in [6, 6.07) is 4.61. The van der Waals surface area contributed by atoms with Crippen molar-refractivity contribution in [3.05, 3.63) is 35.4 Å². The molecule has 1 rings (SSSR count). The average molecular weight is 178 g/mol. The van der Waals surface area contributed by atoms with Crippen molar-refractivity contribution in [3.8, 4) is 0 Å². The molecule has 0 fully saturated rings. The quantitative estimate of drug-likeness (QED) is 0.700. The van der Waals surface area contributed by atoms with Crippen molar-refractivity contribution < 1.29 is 19.7 Å². The lowest BCUT2D eigenvalue weighted by Crippen LogP contribution is -2.05. The first-order valence-electron chi connectivity index (χ1n) is 3.31. The van der Waals surface area contributed by atoms with E-state index in [4.69, 9.17) is 5.11 Å². The maximum Gasteiger partial charge on any atom is 0.416 e. The minimum Gasteiger partial charge on any atom is -0.392 e. The third-order valence-electron chi connectivity index (χ3n) is 1.44. The van der Waals surface area contributed by atoms with Crippen molar-refractivity contribution in [2.45, 2.75) is 12.8 Å². The van der Waals surface area contributed by atoms with Gasteiger partial charge in [0.15, 0.2) is 0 Å². The van der Waals surface area contributed by atoms with Gasteiger partial charge in [-0.25, -0.2) is 0 Å². The van der Waals surface area contributed by atoms with Gasteiger partial charge in [-0.15, -0.1) is 0 Å². The van der Waals surface area contributed by atoms with Crippen molar-refractivity contribution in [2.24, 2.45) is 0 Å². The predicted molar refractivity (Wildman–Crippen MR) is 39.5 cm³/mol. The fraction of sp³-hybridized carbons (Fsp3) is 0.250. The van der Waals surface area contributed by atoms with Crippen molar-refractivity contribution >= 4 is 0 Å². The number of rotatable bonds is 1. The summed E-state index contributed by atoms with van der Waals surface area (Å²) in [6.07, 6.45) is -4.33. The van der Waals surface area contributed by atoms with Crippen LogP contribution in [0.2, 0.25) is 0 Å². The number of benzene rings is 1. The van der Waals surface area contributed by atoms with Crippen LogP contribution in [-0.2, 0) is 12.8 Å². The van der Waals surface area contributed by atoms with E-state index in [1.165, 1.54) is 12.1 Å². The van der Waals surface area contributed by atoms with E-state index in [1.807, 2.05) is 0 Å². The smallest absolute Gasteiger partial charge is 0.392 e. The maximum absolute atomic E-state index is 12.0. The molecule has 0 bridgehead atoms. The molecule has 0 aliphatic heterocycles. The highest BCUT2D eigenvalue weighted by Gasteiger charge is 2.30. The second-order valence-electron chi connectivity index (χ2n) is 2.36. The van der Waals surface area contributed by atoms with Crippen LogP contribution in [-0.4, -0.2) is 5.11 Å². The topological polar surface area (TPSA) is 20.2 Å². The molecule has 68 valence electrons. The van der Waals surface area contributed by atoms with Crippen molar-refractivity contribution in [3.63, 3.8) is 0 Å². The van der Waals surface area contributed by atoms with Crippen molar-refractivity contribution in [1.29, 1.82) is 0 Å². The van der Waals surface area contributed by atoms with E-state index in [9.17, 15) is 13.2 Å². The molecule has 1 aromatic carbocycles. The summed E-state index contributed by atoms with van der Waals surface area (Å²) in [7, 11) is 0. The zero-order valence-electron chi connectivity index (χ0n) is 6.10. The second kappa shape index (κ2) is 3.15. The lowest BCUT2D eigenvalue weighted by Gasteiger charge is -2.06. The normalized spacial score (nSPS) is 11.7. The third-order valence-corrected chi connectivity index (χ3v) is 1.44. The molecular formula is C8H9F3O. The highest BCUT2D eigenvalue weighted by Crippen LogP contribution is 2.29. The fourth-order valence-electron chi connectivity index (χ4n) is 0.846. The molecule has 1 aromatic rings. The predicted octanol–water partition coefficient (Wildman–Crippen LogP) is 2.44. The molecule has 1 N–H and O–H groups in total. The zero-order chi connectivity index (χ0) is 9.19. The van der Waals surface area contributed by atoms with Gasteiger partial charge in [-0.2, -0.15) is 13.2 Å². The summed E-state index contributed by atoms with van der Waals surface area (Å²) in [5.41, 5.74) is -0.459. The van der Waals surface area contributed by atoms with E-state index in [2.05, 4.69) is 0 Å². The van der Waals surface area contributed by atoms with E-state index in [0.717, 1.165) is 12.1 Å². The van der Waals surface area contributed by atoms with Crippen molar-refractivity contribution in [2.75, 3.05) is 0 Å². The minimum atomic E-state index is -4.33. The number of aliphatic hydroxyl groups excluding tert-OH is 1. The van der Waals surface area contributed by atoms with E-state index < -0.39 is 11.7 Å². The summed E-state index contributed by atoms with van der Waals surface area (Å²) in [4.78, 5) is 0. The van der Waals surface area contributed by atoms with Crippen LogP contribution < -0.4 is 0 Å². The van der Waals surface area contributed by atoms with Gasteiger partial charge in [-0.3, -0.25) is 0 Å². The Kier molecular flexibility index (Phi) is 2.38. The largest absolute Gasteiger partial charge is 0.416 e. The molecule has 1 nitrogen and oxygen atoms in total. The van der Waals surface area contributed by atoms with Gasteiger partial charge in [0.2, 0.25) is 0 Å². The van der Waals surface area contributed by atoms with Crippen LogP contribution in [0.15, 0.2) is 24.3 Å². The molecule has 0 spiro atoms. The molecule has 0 unspecified atom stereocenters. The van der Waals surface area contributed by atoms with Crippen LogP contribution in [0.3, 0.4) is 0 Å². The summed E-state index contributed by atoms with van der Waals surface area (Å²) in [5, 5.41) is 8.56. The van der Waals surface area contributed by atoms with E-state index >= 15 is 0 Å². The SMILES string of the molecule is OCc1cccc(C(F)(F)F)c1.[HH]. The van der Waals surface area contributed by atoms with Gasteiger partial charge < -0.3 is 5.11 Å². The van der Waals surface area contributed by atoms with Gasteiger partial charge in [0.1, 0.15) is 0 Å². The summed E-state index contributed by atoms with van der Waals surface area (Å²) in [5.74, 6) is 0. The molecule has 0 saturated carbocycles. The first-order chi connectivity index (χ1) is 5.54. The van der Waals surface area contributed by atoms with Gasteiger partial charge in [-0.1, -0.05) is 12.1 Å². The Morgan fingerprint density at radius 2 is 2.00 bits per heavy atom. The minimum absolute atomic E-state index is 0. The number of halogens is 3. The van der Waals surface area contributed by atoms with E-state index in [0.29, 0.717) is 0 Å². The maximum atomic E-state index is 12.0.